The van der Waals surface area contributed by atoms with Gasteiger partial charge < -0.3 is 5.32 Å². The Morgan fingerprint density at radius 3 is 2.16 bits per heavy atom. The Morgan fingerprint density at radius 1 is 0.880 bits per heavy atom. The van der Waals surface area contributed by atoms with Crippen molar-refractivity contribution in [3.8, 4) is 11.3 Å². The van der Waals surface area contributed by atoms with Gasteiger partial charge in [0.1, 0.15) is 0 Å². The predicted molar refractivity (Wildman–Crippen MR) is 98.8 cm³/mol. The third-order valence-corrected chi connectivity index (χ3v) is 3.95. The van der Waals surface area contributed by atoms with E-state index in [1.807, 2.05) is 43.3 Å². The third kappa shape index (κ3) is 3.80. The number of nitrogens with zero attached hydrogens (tertiary/aromatic N) is 1. The van der Waals surface area contributed by atoms with E-state index in [9.17, 15) is 9.59 Å². The van der Waals surface area contributed by atoms with Crippen LogP contribution in [0, 0.1) is 6.92 Å². The zero-order chi connectivity index (χ0) is 17.8. The second kappa shape index (κ2) is 7.09. The molecule has 0 radical (unpaired) electrons. The Bertz CT molecular complexity index is 916. The van der Waals surface area contributed by atoms with Gasteiger partial charge in [0, 0.05) is 16.8 Å². The summed E-state index contributed by atoms with van der Waals surface area (Å²) < 4.78 is 0. The molecule has 1 N–H and O–H groups in total. The van der Waals surface area contributed by atoms with Gasteiger partial charge in [-0.05, 0) is 50.2 Å². The van der Waals surface area contributed by atoms with Gasteiger partial charge in [0.25, 0.3) is 5.91 Å². The van der Waals surface area contributed by atoms with Crippen LogP contribution in [0.2, 0.25) is 0 Å². The van der Waals surface area contributed by atoms with Crippen LogP contribution >= 0.6 is 0 Å². The number of hydrogen-bond acceptors (Lipinski definition) is 3. The van der Waals surface area contributed by atoms with Crippen LogP contribution < -0.4 is 5.32 Å². The highest BCUT2D eigenvalue weighted by atomic mass is 16.1. The van der Waals surface area contributed by atoms with Crippen LogP contribution in [0.5, 0.6) is 0 Å². The van der Waals surface area contributed by atoms with E-state index < -0.39 is 0 Å². The molecule has 0 spiro atoms. The summed E-state index contributed by atoms with van der Waals surface area (Å²) in [6.45, 7) is 3.33. The fourth-order valence-corrected chi connectivity index (χ4v) is 2.56. The van der Waals surface area contributed by atoms with Crippen molar-refractivity contribution >= 4 is 17.4 Å². The lowest BCUT2D eigenvalue weighted by molar-refractivity contribution is 0.101. The summed E-state index contributed by atoms with van der Waals surface area (Å²) in [7, 11) is 0. The first-order chi connectivity index (χ1) is 12.0. The number of rotatable bonds is 4. The van der Waals surface area contributed by atoms with Gasteiger partial charge >= 0.3 is 0 Å². The number of pyridine rings is 1. The molecule has 0 bridgehead atoms. The maximum atomic E-state index is 12.5. The van der Waals surface area contributed by atoms with Crippen LogP contribution in [0.1, 0.15) is 33.3 Å². The zero-order valence-electron chi connectivity index (χ0n) is 14.1. The largest absolute Gasteiger partial charge is 0.322 e. The Balaban J connectivity index is 1.79. The van der Waals surface area contributed by atoms with Crippen LogP contribution in [0.3, 0.4) is 0 Å². The fraction of sp³-hybridized carbons (Fsp3) is 0.0952. The number of Topliss-reactive ketones (excluding diaryl/α,β-unsaturated/α-hetero) is 1. The van der Waals surface area contributed by atoms with E-state index in [1.54, 1.807) is 30.3 Å². The number of anilines is 1. The summed E-state index contributed by atoms with van der Waals surface area (Å²) in [5.74, 6) is -0.227. The highest BCUT2D eigenvalue weighted by Gasteiger charge is 2.12. The molecular formula is C21H18N2O2. The van der Waals surface area contributed by atoms with Crippen molar-refractivity contribution < 1.29 is 9.59 Å². The van der Waals surface area contributed by atoms with Gasteiger partial charge in [0.2, 0.25) is 0 Å². The lowest BCUT2D eigenvalue weighted by Crippen LogP contribution is -2.14. The van der Waals surface area contributed by atoms with Crippen molar-refractivity contribution in [2.75, 3.05) is 5.32 Å². The van der Waals surface area contributed by atoms with Gasteiger partial charge in [-0.25, -0.2) is 0 Å². The number of aryl methyl sites for hydroxylation is 1. The molecule has 3 aromatic rings. The van der Waals surface area contributed by atoms with E-state index in [0.717, 1.165) is 11.3 Å². The van der Waals surface area contributed by atoms with E-state index >= 15 is 0 Å². The Hall–Kier alpha value is -3.27. The summed E-state index contributed by atoms with van der Waals surface area (Å²) in [4.78, 5) is 28.3. The summed E-state index contributed by atoms with van der Waals surface area (Å²) in [5.41, 5.74) is 4.29. The van der Waals surface area contributed by atoms with Crippen LogP contribution in [0.15, 0.2) is 66.7 Å². The number of ketones is 1. The number of nitrogens with one attached hydrogen (secondary N) is 1. The second-order valence-corrected chi connectivity index (χ2v) is 5.78. The van der Waals surface area contributed by atoms with Crippen LogP contribution in [-0.2, 0) is 0 Å². The first-order valence-electron chi connectivity index (χ1n) is 8.00. The van der Waals surface area contributed by atoms with Crippen molar-refractivity contribution in [3.05, 3.63) is 83.6 Å². The normalized spacial score (nSPS) is 10.3. The summed E-state index contributed by atoms with van der Waals surface area (Å²) in [6.07, 6.45) is 0. The smallest absolute Gasteiger partial charge is 0.257 e. The standard InChI is InChI=1S/C21H18N2O2/c1-14-19(12-13-20(22-14)17-6-4-3-5-7-17)21(25)23-18-10-8-16(9-11-18)15(2)24/h3-13H,1-2H3,(H,23,25). The molecule has 25 heavy (non-hydrogen) atoms. The molecule has 0 fully saturated rings. The van der Waals surface area contributed by atoms with Crippen molar-refractivity contribution in [1.82, 2.24) is 4.98 Å². The third-order valence-electron chi connectivity index (χ3n) is 3.95. The van der Waals surface area contributed by atoms with Gasteiger partial charge in [-0.1, -0.05) is 30.3 Å². The monoisotopic (exact) mass is 330 g/mol. The quantitative estimate of drug-likeness (QED) is 0.716. The van der Waals surface area contributed by atoms with Crippen molar-refractivity contribution in [2.24, 2.45) is 0 Å². The summed E-state index contributed by atoms with van der Waals surface area (Å²) in [5, 5.41) is 2.83. The van der Waals surface area contributed by atoms with Crippen LogP contribution in [-0.4, -0.2) is 16.7 Å². The molecule has 0 aliphatic heterocycles. The number of hydrogen-bond donors (Lipinski definition) is 1. The number of benzene rings is 2. The Kier molecular flexibility index (Phi) is 4.70. The van der Waals surface area contributed by atoms with Crippen LogP contribution in [0.4, 0.5) is 5.69 Å². The summed E-state index contributed by atoms with van der Waals surface area (Å²) in [6, 6.07) is 20.3. The van der Waals surface area contributed by atoms with Crippen molar-refractivity contribution in [1.29, 1.82) is 0 Å². The Morgan fingerprint density at radius 2 is 1.56 bits per heavy atom. The molecule has 0 saturated heterocycles. The minimum Gasteiger partial charge on any atom is -0.322 e. The number of amides is 1. The molecule has 1 aromatic heterocycles. The molecule has 4 heteroatoms. The lowest BCUT2D eigenvalue weighted by Gasteiger charge is -2.09. The van der Waals surface area contributed by atoms with E-state index in [4.69, 9.17) is 0 Å². The average molecular weight is 330 g/mol. The topological polar surface area (TPSA) is 59.1 Å². The molecule has 124 valence electrons. The van der Waals surface area contributed by atoms with E-state index in [1.165, 1.54) is 6.92 Å². The first-order valence-corrected chi connectivity index (χ1v) is 8.00. The minimum absolute atomic E-state index is 0.00517. The SMILES string of the molecule is CC(=O)c1ccc(NC(=O)c2ccc(-c3ccccc3)nc2C)cc1. The lowest BCUT2D eigenvalue weighted by atomic mass is 10.1. The zero-order valence-corrected chi connectivity index (χ0v) is 14.1. The molecule has 0 aliphatic carbocycles. The first kappa shape index (κ1) is 16.6. The number of carbonyl (C=O) groups excluding carboxylic acids is 2. The van der Waals surface area contributed by atoms with Gasteiger partial charge in [0.15, 0.2) is 5.78 Å². The molecule has 4 nitrogen and oxygen atoms in total. The maximum Gasteiger partial charge on any atom is 0.257 e. The van der Waals surface area contributed by atoms with E-state index in [-0.39, 0.29) is 11.7 Å². The molecule has 0 aliphatic rings. The Labute approximate surface area is 146 Å². The summed E-state index contributed by atoms with van der Waals surface area (Å²) >= 11 is 0. The number of carbonyl (C=O) groups is 2. The molecule has 1 amide bonds. The molecule has 0 unspecified atom stereocenters. The predicted octanol–water partition coefficient (Wildman–Crippen LogP) is 4.51. The molecule has 3 rings (SSSR count). The van der Waals surface area contributed by atoms with Gasteiger partial charge in [-0.2, -0.15) is 0 Å². The van der Waals surface area contributed by atoms with Crippen LogP contribution in [0.25, 0.3) is 11.3 Å². The van der Waals surface area contributed by atoms with Gasteiger partial charge in [0.05, 0.1) is 17.0 Å². The van der Waals surface area contributed by atoms with E-state index in [2.05, 4.69) is 10.3 Å². The second-order valence-electron chi connectivity index (χ2n) is 5.78. The highest BCUT2D eigenvalue weighted by molar-refractivity contribution is 6.05. The van der Waals surface area contributed by atoms with Gasteiger partial charge in [-0.3, -0.25) is 14.6 Å². The van der Waals surface area contributed by atoms with Crippen molar-refractivity contribution in [2.45, 2.75) is 13.8 Å². The fourth-order valence-electron chi connectivity index (χ4n) is 2.56. The minimum atomic E-state index is -0.222. The average Bonchev–Trinajstić information content (AvgIpc) is 2.62. The number of aromatic nitrogens is 1. The molecule has 1 heterocycles. The molecule has 0 saturated carbocycles. The molecule has 2 aromatic carbocycles. The highest BCUT2D eigenvalue weighted by Crippen LogP contribution is 2.19. The van der Waals surface area contributed by atoms with Gasteiger partial charge in [-0.15, -0.1) is 0 Å². The van der Waals surface area contributed by atoms with Crippen molar-refractivity contribution in [3.63, 3.8) is 0 Å². The molecule has 0 atom stereocenters. The van der Waals surface area contributed by atoms with E-state index in [0.29, 0.717) is 22.5 Å². The maximum absolute atomic E-state index is 12.5. The molecular weight excluding hydrogens is 312 g/mol.